The second-order valence-electron chi connectivity index (χ2n) is 8.82. The van der Waals surface area contributed by atoms with Crippen molar-refractivity contribution in [3.63, 3.8) is 0 Å². The molecule has 30 heavy (non-hydrogen) atoms. The molecule has 3 aromatic rings. The highest BCUT2D eigenvalue weighted by Gasteiger charge is 2.42. The van der Waals surface area contributed by atoms with Crippen molar-refractivity contribution in [1.82, 2.24) is 24.5 Å². The average molecular weight is 401 g/mol. The molecule has 152 valence electrons. The molecule has 1 unspecified atom stereocenters. The predicted molar refractivity (Wildman–Crippen MR) is 110 cm³/mol. The number of hydrogen-bond acceptors (Lipinski definition) is 6. The van der Waals surface area contributed by atoms with Crippen LogP contribution in [0.3, 0.4) is 0 Å². The Hall–Kier alpha value is -3.60. The van der Waals surface area contributed by atoms with Crippen LogP contribution in [0.2, 0.25) is 0 Å². The fraction of sp³-hybridized carbons (Fsp3) is 0.364. The van der Waals surface area contributed by atoms with Gasteiger partial charge in [0.2, 0.25) is 11.8 Å². The standard InChI is InChI=1S/C22H23N7O/c1-22(2,3)29-21-18(19(27-29)14-4-5-14)17(16(10-23)20(24)30-21)13-6-8-15(9-7-13)28-12-25-11-26-28/h6-9,11-12,14,17H,4-5,24H2,1-3H3. The lowest BCUT2D eigenvalue weighted by molar-refractivity contribution is 0.277. The van der Waals surface area contributed by atoms with Gasteiger partial charge in [0, 0.05) is 5.92 Å². The summed E-state index contributed by atoms with van der Waals surface area (Å²) < 4.78 is 9.61. The highest BCUT2D eigenvalue weighted by molar-refractivity contribution is 5.57. The molecule has 1 aliphatic heterocycles. The fourth-order valence-corrected chi connectivity index (χ4v) is 3.97. The maximum Gasteiger partial charge on any atom is 0.224 e. The van der Waals surface area contributed by atoms with Crippen molar-refractivity contribution in [1.29, 1.82) is 5.26 Å². The van der Waals surface area contributed by atoms with Crippen LogP contribution in [-0.2, 0) is 5.54 Å². The molecule has 5 rings (SSSR count). The molecule has 0 bridgehead atoms. The predicted octanol–water partition coefficient (Wildman–Crippen LogP) is 3.31. The molecule has 8 nitrogen and oxygen atoms in total. The maximum atomic E-state index is 9.92. The summed E-state index contributed by atoms with van der Waals surface area (Å²) in [5, 5.41) is 19.0. The van der Waals surface area contributed by atoms with Crippen molar-refractivity contribution in [3.05, 3.63) is 65.2 Å². The lowest BCUT2D eigenvalue weighted by Gasteiger charge is -2.28. The Bertz CT molecular complexity index is 1170. The molecule has 0 amide bonds. The molecule has 2 N–H and O–H groups in total. The number of nitrogens with two attached hydrogens (primary N) is 1. The van der Waals surface area contributed by atoms with E-state index in [4.69, 9.17) is 15.6 Å². The average Bonchev–Trinajstić information content (AvgIpc) is 3.26. The number of nitrogens with zero attached hydrogens (tertiary/aromatic N) is 6. The van der Waals surface area contributed by atoms with Crippen molar-refractivity contribution in [2.45, 2.75) is 51.0 Å². The van der Waals surface area contributed by atoms with Crippen molar-refractivity contribution in [2.75, 3.05) is 0 Å². The number of nitriles is 1. The van der Waals surface area contributed by atoms with Gasteiger partial charge in [-0.2, -0.15) is 15.5 Å². The number of fused-ring (bicyclic) bond motifs is 1. The molecule has 1 aromatic carbocycles. The van der Waals surface area contributed by atoms with Gasteiger partial charge in [0.1, 0.15) is 24.3 Å². The highest BCUT2D eigenvalue weighted by Crippen LogP contribution is 2.51. The Labute approximate surface area is 174 Å². The highest BCUT2D eigenvalue weighted by atomic mass is 16.5. The van der Waals surface area contributed by atoms with Crippen molar-refractivity contribution >= 4 is 0 Å². The van der Waals surface area contributed by atoms with Gasteiger partial charge in [0.15, 0.2) is 0 Å². The van der Waals surface area contributed by atoms with Crippen LogP contribution in [-0.4, -0.2) is 24.5 Å². The minimum Gasteiger partial charge on any atom is -0.422 e. The zero-order valence-electron chi connectivity index (χ0n) is 17.2. The summed E-state index contributed by atoms with van der Waals surface area (Å²) in [7, 11) is 0. The van der Waals surface area contributed by atoms with E-state index in [1.165, 1.54) is 6.33 Å². The molecule has 0 spiro atoms. The summed E-state index contributed by atoms with van der Waals surface area (Å²) in [6.07, 6.45) is 5.36. The van der Waals surface area contributed by atoms with Gasteiger partial charge in [-0.15, -0.1) is 0 Å². The van der Waals surface area contributed by atoms with Gasteiger partial charge < -0.3 is 10.5 Å². The van der Waals surface area contributed by atoms with Crippen LogP contribution in [0, 0.1) is 11.3 Å². The van der Waals surface area contributed by atoms with Gasteiger partial charge in [-0.05, 0) is 51.3 Å². The van der Waals surface area contributed by atoms with E-state index in [-0.39, 0.29) is 17.3 Å². The number of rotatable bonds is 3. The Morgan fingerprint density at radius 2 is 1.93 bits per heavy atom. The first-order valence-electron chi connectivity index (χ1n) is 10.0. The molecule has 1 saturated carbocycles. The van der Waals surface area contributed by atoms with Crippen LogP contribution in [0.1, 0.15) is 62.3 Å². The van der Waals surface area contributed by atoms with Crippen molar-refractivity contribution in [3.8, 4) is 17.6 Å². The molecule has 2 aromatic heterocycles. The second kappa shape index (κ2) is 6.46. The SMILES string of the molecule is CC(C)(C)n1nc(C2CC2)c2c1OC(N)=C(C#N)C2c1ccc(-n2cncn2)cc1. The van der Waals surface area contributed by atoms with Crippen molar-refractivity contribution < 1.29 is 4.74 Å². The molecule has 3 heterocycles. The zero-order valence-corrected chi connectivity index (χ0v) is 17.2. The third-order valence-electron chi connectivity index (χ3n) is 5.59. The van der Waals surface area contributed by atoms with Crippen LogP contribution in [0.5, 0.6) is 5.88 Å². The van der Waals surface area contributed by atoms with Gasteiger partial charge in [0.25, 0.3) is 0 Å². The van der Waals surface area contributed by atoms with Crippen LogP contribution in [0.25, 0.3) is 5.69 Å². The van der Waals surface area contributed by atoms with Crippen LogP contribution < -0.4 is 10.5 Å². The first-order chi connectivity index (χ1) is 14.4. The van der Waals surface area contributed by atoms with E-state index in [1.54, 1.807) is 11.0 Å². The van der Waals surface area contributed by atoms with Crippen LogP contribution in [0.4, 0.5) is 0 Å². The van der Waals surface area contributed by atoms with E-state index in [1.807, 2.05) is 28.9 Å². The van der Waals surface area contributed by atoms with E-state index in [2.05, 4.69) is 36.9 Å². The normalized spacial score (nSPS) is 18.7. The number of benzene rings is 1. The number of ether oxygens (including phenoxy) is 1. The molecule has 0 radical (unpaired) electrons. The number of hydrogen-bond donors (Lipinski definition) is 1. The molecule has 2 aliphatic rings. The van der Waals surface area contributed by atoms with Gasteiger partial charge in [-0.3, -0.25) is 0 Å². The first kappa shape index (κ1) is 18.4. The molecule has 8 heteroatoms. The zero-order chi connectivity index (χ0) is 21.0. The summed E-state index contributed by atoms with van der Waals surface area (Å²) in [6.45, 7) is 6.26. The van der Waals surface area contributed by atoms with E-state index >= 15 is 0 Å². The molecule has 1 fully saturated rings. The molecular weight excluding hydrogens is 378 g/mol. The third-order valence-corrected chi connectivity index (χ3v) is 5.59. The fourth-order valence-electron chi connectivity index (χ4n) is 3.97. The first-order valence-corrected chi connectivity index (χ1v) is 10.0. The van der Waals surface area contributed by atoms with Crippen molar-refractivity contribution in [2.24, 2.45) is 5.73 Å². The Balaban J connectivity index is 1.68. The van der Waals surface area contributed by atoms with E-state index in [9.17, 15) is 5.26 Å². The van der Waals surface area contributed by atoms with Gasteiger partial charge in [-0.1, -0.05) is 12.1 Å². The Kier molecular flexibility index (Phi) is 3.97. The van der Waals surface area contributed by atoms with E-state index in [0.717, 1.165) is 35.3 Å². The van der Waals surface area contributed by atoms with Gasteiger partial charge >= 0.3 is 0 Å². The lowest BCUT2D eigenvalue weighted by Crippen LogP contribution is -2.27. The quantitative estimate of drug-likeness (QED) is 0.721. The topological polar surface area (TPSA) is 108 Å². The summed E-state index contributed by atoms with van der Waals surface area (Å²) in [6, 6.07) is 10.2. The molecule has 1 aliphatic carbocycles. The van der Waals surface area contributed by atoms with E-state index in [0.29, 0.717) is 17.4 Å². The van der Waals surface area contributed by atoms with E-state index < -0.39 is 0 Å². The number of aromatic nitrogens is 5. The lowest BCUT2D eigenvalue weighted by atomic mass is 9.83. The molecular formula is C22H23N7O. The Morgan fingerprint density at radius 1 is 1.20 bits per heavy atom. The summed E-state index contributed by atoms with van der Waals surface area (Å²) in [5.74, 6) is 0.881. The van der Waals surface area contributed by atoms with Gasteiger partial charge in [-0.25, -0.2) is 14.3 Å². The summed E-state index contributed by atoms with van der Waals surface area (Å²) >= 11 is 0. The summed E-state index contributed by atoms with van der Waals surface area (Å²) in [5.41, 5.74) is 10.2. The second-order valence-corrected chi connectivity index (χ2v) is 8.82. The van der Waals surface area contributed by atoms with Crippen LogP contribution in [0.15, 0.2) is 48.4 Å². The smallest absolute Gasteiger partial charge is 0.224 e. The summed E-state index contributed by atoms with van der Waals surface area (Å²) in [4.78, 5) is 4.00. The largest absolute Gasteiger partial charge is 0.422 e. The third kappa shape index (κ3) is 2.86. The van der Waals surface area contributed by atoms with Crippen LogP contribution >= 0.6 is 0 Å². The van der Waals surface area contributed by atoms with Gasteiger partial charge in [0.05, 0.1) is 28.4 Å². The maximum absolute atomic E-state index is 9.92. The minimum atomic E-state index is -0.310. The molecule has 1 atom stereocenters. The Morgan fingerprint density at radius 3 is 2.50 bits per heavy atom. The molecule has 0 saturated heterocycles. The minimum absolute atomic E-state index is 0.142. The number of allylic oxidation sites excluding steroid dienone is 1. The monoisotopic (exact) mass is 401 g/mol.